The van der Waals surface area contributed by atoms with E-state index in [1.54, 1.807) is 6.20 Å². The summed E-state index contributed by atoms with van der Waals surface area (Å²) < 4.78 is 0. The molecule has 0 amide bonds. The van der Waals surface area contributed by atoms with Gasteiger partial charge in [0.15, 0.2) is 0 Å². The fourth-order valence-electron chi connectivity index (χ4n) is 1.02. The summed E-state index contributed by atoms with van der Waals surface area (Å²) in [5.74, 6) is 0.854. The van der Waals surface area contributed by atoms with Gasteiger partial charge < -0.3 is 9.69 Å². The van der Waals surface area contributed by atoms with Gasteiger partial charge in [-0.25, -0.2) is 4.98 Å². The van der Waals surface area contributed by atoms with Crippen molar-refractivity contribution in [2.24, 2.45) is 0 Å². The molecule has 0 atom stereocenters. The Morgan fingerprint density at radius 2 is 2.42 bits per heavy atom. The van der Waals surface area contributed by atoms with Gasteiger partial charge in [-0.2, -0.15) is 0 Å². The molecule has 0 saturated carbocycles. The van der Waals surface area contributed by atoms with E-state index < -0.39 is 0 Å². The molecule has 3 heteroatoms. The molecule has 0 bridgehead atoms. The lowest BCUT2D eigenvalue weighted by molar-refractivity contribution is -0.106. The predicted octanol–water partition coefficient (Wildman–Crippen LogP) is 1.11. The van der Waals surface area contributed by atoms with Crippen molar-refractivity contribution in [1.29, 1.82) is 0 Å². The molecule has 1 aromatic heterocycles. The second-order valence-electron chi connectivity index (χ2n) is 2.39. The Morgan fingerprint density at radius 1 is 1.58 bits per heavy atom. The Balaban J connectivity index is 2.72. The standard InChI is InChI=1S/C9H12N2O/c1-2-11(7-8-12)9-5-3-4-6-10-9/h3-6,8H,2,7H2,1H3. The summed E-state index contributed by atoms with van der Waals surface area (Å²) >= 11 is 0. The molecule has 0 aromatic carbocycles. The van der Waals surface area contributed by atoms with Gasteiger partial charge in [0.05, 0.1) is 6.54 Å². The molecule has 0 spiro atoms. The van der Waals surface area contributed by atoms with Crippen molar-refractivity contribution >= 4 is 12.1 Å². The van der Waals surface area contributed by atoms with Crippen LogP contribution in [0.5, 0.6) is 0 Å². The second-order valence-corrected chi connectivity index (χ2v) is 2.39. The smallest absolute Gasteiger partial charge is 0.139 e. The van der Waals surface area contributed by atoms with Crippen molar-refractivity contribution in [1.82, 2.24) is 4.98 Å². The van der Waals surface area contributed by atoms with E-state index in [9.17, 15) is 4.79 Å². The molecular weight excluding hydrogens is 152 g/mol. The van der Waals surface area contributed by atoms with E-state index in [0.29, 0.717) is 6.54 Å². The van der Waals surface area contributed by atoms with Gasteiger partial charge in [-0.3, -0.25) is 0 Å². The largest absolute Gasteiger partial charge is 0.350 e. The molecule has 0 fully saturated rings. The van der Waals surface area contributed by atoms with Crippen molar-refractivity contribution in [3.05, 3.63) is 24.4 Å². The molecule has 1 heterocycles. The Labute approximate surface area is 72.0 Å². The van der Waals surface area contributed by atoms with E-state index in [1.165, 1.54) is 0 Å². The number of carbonyl (C=O) groups is 1. The molecule has 12 heavy (non-hydrogen) atoms. The number of anilines is 1. The van der Waals surface area contributed by atoms with Crippen LogP contribution >= 0.6 is 0 Å². The van der Waals surface area contributed by atoms with Gasteiger partial charge in [-0.15, -0.1) is 0 Å². The van der Waals surface area contributed by atoms with Crippen LogP contribution in [0.4, 0.5) is 5.82 Å². The van der Waals surface area contributed by atoms with E-state index >= 15 is 0 Å². The first-order valence-corrected chi connectivity index (χ1v) is 3.98. The number of aromatic nitrogens is 1. The fourth-order valence-corrected chi connectivity index (χ4v) is 1.02. The summed E-state index contributed by atoms with van der Waals surface area (Å²) in [4.78, 5) is 16.3. The zero-order valence-corrected chi connectivity index (χ0v) is 7.10. The van der Waals surface area contributed by atoms with Crippen LogP contribution in [0.25, 0.3) is 0 Å². The highest BCUT2D eigenvalue weighted by atomic mass is 16.1. The average molecular weight is 164 g/mol. The molecule has 1 rings (SSSR count). The van der Waals surface area contributed by atoms with Crippen LogP contribution in [0.1, 0.15) is 6.92 Å². The first-order chi connectivity index (χ1) is 5.88. The molecular formula is C9H12N2O. The molecule has 0 unspecified atom stereocenters. The Bertz CT molecular complexity index is 236. The Kier molecular flexibility index (Phi) is 3.26. The minimum atomic E-state index is 0.410. The summed E-state index contributed by atoms with van der Waals surface area (Å²) in [6.45, 7) is 3.21. The van der Waals surface area contributed by atoms with Crippen LogP contribution in [-0.2, 0) is 4.79 Å². The van der Waals surface area contributed by atoms with Gasteiger partial charge in [0, 0.05) is 12.7 Å². The van der Waals surface area contributed by atoms with Crippen LogP contribution in [0, 0.1) is 0 Å². The number of carbonyl (C=O) groups excluding carboxylic acids is 1. The first-order valence-electron chi connectivity index (χ1n) is 3.98. The van der Waals surface area contributed by atoms with Gasteiger partial charge in [-0.1, -0.05) is 6.07 Å². The summed E-state index contributed by atoms with van der Waals surface area (Å²) in [6, 6.07) is 5.67. The summed E-state index contributed by atoms with van der Waals surface area (Å²) in [6.07, 6.45) is 2.61. The third kappa shape index (κ3) is 2.05. The lowest BCUT2D eigenvalue weighted by Gasteiger charge is -2.17. The third-order valence-corrected chi connectivity index (χ3v) is 1.65. The quantitative estimate of drug-likeness (QED) is 0.625. The monoisotopic (exact) mass is 164 g/mol. The molecule has 0 N–H and O–H groups in total. The van der Waals surface area contributed by atoms with Gasteiger partial charge in [0.2, 0.25) is 0 Å². The molecule has 0 aliphatic rings. The topological polar surface area (TPSA) is 33.2 Å². The Hall–Kier alpha value is -1.38. The fraction of sp³-hybridized carbons (Fsp3) is 0.333. The van der Waals surface area contributed by atoms with Crippen LogP contribution in [0.3, 0.4) is 0 Å². The number of nitrogens with zero attached hydrogens (tertiary/aromatic N) is 2. The van der Waals surface area contributed by atoms with Crippen LogP contribution in [0.2, 0.25) is 0 Å². The molecule has 0 radical (unpaired) electrons. The minimum Gasteiger partial charge on any atom is -0.350 e. The zero-order valence-electron chi connectivity index (χ0n) is 7.10. The molecule has 64 valence electrons. The predicted molar refractivity (Wildman–Crippen MR) is 48.2 cm³/mol. The SMILES string of the molecule is CCN(CC=O)c1ccccn1. The van der Waals surface area contributed by atoms with Crippen molar-refractivity contribution < 1.29 is 4.79 Å². The lowest BCUT2D eigenvalue weighted by atomic mass is 10.4. The third-order valence-electron chi connectivity index (χ3n) is 1.65. The maximum Gasteiger partial charge on any atom is 0.139 e. The highest BCUT2D eigenvalue weighted by Gasteiger charge is 2.01. The van der Waals surface area contributed by atoms with Crippen LogP contribution in [-0.4, -0.2) is 24.4 Å². The van der Waals surface area contributed by atoms with Crippen molar-refractivity contribution in [3.63, 3.8) is 0 Å². The minimum absolute atomic E-state index is 0.410. The molecule has 1 aromatic rings. The highest BCUT2D eigenvalue weighted by molar-refractivity contribution is 5.59. The number of hydrogen-bond donors (Lipinski definition) is 0. The van der Waals surface area contributed by atoms with Crippen molar-refractivity contribution in [2.45, 2.75) is 6.92 Å². The van der Waals surface area contributed by atoms with E-state index in [0.717, 1.165) is 18.6 Å². The zero-order chi connectivity index (χ0) is 8.81. The molecule has 0 aliphatic heterocycles. The molecule has 0 saturated heterocycles. The maximum atomic E-state index is 10.3. The van der Waals surface area contributed by atoms with E-state index in [-0.39, 0.29) is 0 Å². The first kappa shape index (κ1) is 8.71. The van der Waals surface area contributed by atoms with Gasteiger partial charge in [0.25, 0.3) is 0 Å². The molecule has 0 aliphatic carbocycles. The van der Waals surface area contributed by atoms with Crippen LogP contribution in [0.15, 0.2) is 24.4 Å². The van der Waals surface area contributed by atoms with Gasteiger partial charge in [-0.05, 0) is 19.1 Å². The summed E-state index contributed by atoms with van der Waals surface area (Å²) in [7, 11) is 0. The van der Waals surface area contributed by atoms with Gasteiger partial charge in [0.1, 0.15) is 12.1 Å². The Morgan fingerprint density at radius 3 is 2.92 bits per heavy atom. The molecule has 3 nitrogen and oxygen atoms in total. The highest BCUT2D eigenvalue weighted by Crippen LogP contribution is 2.06. The van der Waals surface area contributed by atoms with E-state index in [2.05, 4.69) is 4.98 Å². The summed E-state index contributed by atoms with van der Waals surface area (Å²) in [5, 5.41) is 0. The normalized spacial score (nSPS) is 9.42. The number of likely N-dealkylation sites (N-methyl/N-ethyl adjacent to an activating group) is 1. The summed E-state index contributed by atoms with van der Waals surface area (Å²) in [5.41, 5.74) is 0. The van der Waals surface area contributed by atoms with Gasteiger partial charge >= 0.3 is 0 Å². The van der Waals surface area contributed by atoms with E-state index in [4.69, 9.17) is 0 Å². The van der Waals surface area contributed by atoms with Crippen molar-refractivity contribution in [2.75, 3.05) is 18.0 Å². The number of hydrogen-bond acceptors (Lipinski definition) is 3. The number of pyridine rings is 1. The van der Waals surface area contributed by atoms with Crippen LogP contribution < -0.4 is 4.90 Å². The van der Waals surface area contributed by atoms with E-state index in [1.807, 2.05) is 30.0 Å². The average Bonchev–Trinajstić information content (AvgIpc) is 2.15. The number of rotatable bonds is 4. The lowest BCUT2D eigenvalue weighted by Crippen LogP contribution is -2.25. The maximum absolute atomic E-state index is 10.3. The van der Waals surface area contributed by atoms with Crippen molar-refractivity contribution in [3.8, 4) is 0 Å². The number of aldehydes is 1. The second kappa shape index (κ2) is 4.49.